The van der Waals surface area contributed by atoms with Gasteiger partial charge < -0.3 is 15.1 Å². The van der Waals surface area contributed by atoms with Crippen LogP contribution < -0.4 is 5.32 Å². The molecule has 0 aromatic heterocycles. The standard InChI is InChI=1S/C23H30N4O4S/c1-25(2)32(30,31)21-11-4-18(5-12-21)6-13-22(28)24-20-9-7-19(8-10-20)23(29)27-16-14-26(3)15-17-27/h4-5,7-12H,6,13-17H2,1-3H3,(H,24,28). The number of nitrogens with one attached hydrogen (secondary N) is 1. The van der Waals surface area contributed by atoms with Crippen molar-refractivity contribution in [3.63, 3.8) is 0 Å². The topological polar surface area (TPSA) is 90.0 Å². The molecule has 1 heterocycles. The first-order chi connectivity index (χ1) is 15.2. The van der Waals surface area contributed by atoms with Gasteiger partial charge in [0.05, 0.1) is 4.90 Å². The van der Waals surface area contributed by atoms with E-state index < -0.39 is 10.0 Å². The zero-order chi connectivity index (χ0) is 23.3. The maximum absolute atomic E-state index is 12.6. The highest BCUT2D eigenvalue weighted by atomic mass is 32.2. The Morgan fingerprint density at radius 1 is 0.938 bits per heavy atom. The van der Waals surface area contributed by atoms with Crippen LogP contribution in [0.5, 0.6) is 0 Å². The molecule has 0 unspecified atom stereocenters. The van der Waals surface area contributed by atoms with E-state index >= 15 is 0 Å². The highest BCUT2D eigenvalue weighted by Gasteiger charge is 2.20. The molecular weight excluding hydrogens is 428 g/mol. The van der Waals surface area contributed by atoms with Gasteiger partial charge in [-0.3, -0.25) is 9.59 Å². The first-order valence-corrected chi connectivity index (χ1v) is 12.0. The Kier molecular flexibility index (Phi) is 7.65. The van der Waals surface area contributed by atoms with Gasteiger partial charge in [-0.05, 0) is 55.4 Å². The summed E-state index contributed by atoms with van der Waals surface area (Å²) < 4.78 is 25.4. The van der Waals surface area contributed by atoms with Gasteiger partial charge in [0.25, 0.3) is 5.91 Å². The van der Waals surface area contributed by atoms with Gasteiger partial charge in [0.15, 0.2) is 0 Å². The van der Waals surface area contributed by atoms with Gasteiger partial charge in [-0.15, -0.1) is 0 Å². The van der Waals surface area contributed by atoms with Crippen molar-refractivity contribution in [3.8, 4) is 0 Å². The highest BCUT2D eigenvalue weighted by Crippen LogP contribution is 2.16. The fourth-order valence-corrected chi connectivity index (χ4v) is 4.31. The van der Waals surface area contributed by atoms with Crippen molar-refractivity contribution in [2.45, 2.75) is 17.7 Å². The predicted molar refractivity (Wildman–Crippen MR) is 124 cm³/mol. The maximum Gasteiger partial charge on any atom is 0.253 e. The van der Waals surface area contributed by atoms with Crippen molar-refractivity contribution < 1.29 is 18.0 Å². The van der Waals surface area contributed by atoms with Crippen LogP contribution in [0.4, 0.5) is 5.69 Å². The molecule has 0 radical (unpaired) electrons. The Bertz CT molecular complexity index is 1040. The Morgan fingerprint density at radius 2 is 1.53 bits per heavy atom. The summed E-state index contributed by atoms with van der Waals surface area (Å²) in [5, 5.41) is 2.84. The zero-order valence-corrected chi connectivity index (χ0v) is 19.6. The average molecular weight is 459 g/mol. The number of nitrogens with zero attached hydrogens (tertiary/aromatic N) is 3. The largest absolute Gasteiger partial charge is 0.336 e. The highest BCUT2D eigenvalue weighted by molar-refractivity contribution is 7.89. The van der Waals surface area contributed by atoms with E-state index in [1.807, 2.05) is 11.9 Å². The Balaban J connectivity index is 1.50. The molecule has 0 atom stereocenters. The SMILES string of the molecule is CN1CCN(C(=O)c2ccc(NC(=O)CCc3ccc(S(=O)(=O)N(C)C)cc3)cc2)CC1. The molecule has 1 aliphatic rings. The zero-order valence-electron chi connectivity index (χ0n) is 18.7. The van der Waals surface area contributed by atoms with Crippen LogP contribution in [-0.4, -0.2) is 81.7 Å². The lowest BCUT2D eigenvalue weighted by atomic mass is 10.1. The Hall–Kier alpha value is -2.75. The third-order valence-electron chi connectivity index (χ3n) is 5.55. The van der Waals surface area contributed by atoms with Crippen LogP contribution >= 0.6 is 0 Å². The Labute approximate surface area is 189 Å². The quantitative estimate of drug-likeness (QED) is 0.685. The van der Waals surface area contributed by atoms with Gasteiger partial charge in [-0.2, -0.15) is 0 Å². The number of amides is 2. The van der Waals surface area contributed by atoms with E-state index in [-0.39, 0.29) is 23.1 Å². The molecule has 1 fully saturated rings. The fourth-order valence-electron chi connectivity index (χ4n) is 3.41. The van der Waals surface area contributed by atoms with E-state index in [4.69, 9.17) is 0 Å². The van der Waals surface area contributed by atoms with Crippen LogP contribution in [0, 0.1) is 0 Å². The van der Waals surface area contributed by atoms with E-state index in [2.05, 4.69) is 10.2 Å². The number of carbonyl (C=O) groups is 2. The second-order valence-electron chi connectivity index (χ2n) is 8.15. The molecule has 0 aliphatic carbocycles. The second-order valence-corrected chi connectivity index (χ2v) is 10.3. The third-order valence-corrected chi connectivity index (χ3v) is 7.38. The lowest BCUT2D eigenvalue weighted by Gasteiger charge is -2.32. The summed E-state index contributed by atoms with van der Waals surface area (Å²) >= 11 is 0. The second kappa shape index (κ2) is 10.2. The molecule has 9 heteroatoms. The molecule has 0 spiro atoms. The summed E-state index contributed by atoms with van der Waals surface area (Å²) in [7, 11) is 1.56. The number of hydrogen-bond donors (Lipinski definition) is 1. The number of anilines is 1. The molecule has 1 saturated heterocycles. The van der Waals surface area contributed by atoms with E-state index in [1.54, 1.807) is 48.5 Å². The van der Waals surface area contributed by atoms with E-state index in [1.165, 1.54) is 18.4 Å². The number of aryl methyl sites for hydroxylation is 1. The normalized spacial score (nSPS) is 15.1. The third kappa shape index (κ3) is 5.93. The van der Waals surface area contributed by atoms with Crippen LogP contribution in [0.3, 0.4) is 0 Å². The van der Waals surface area contributed by atoms with Gasteiger partial charge in [0.2, 0.25) is 15.9 Å². The molecule has 8 nitrogen and oxygen atoms in total. The van der Waals surface area contributed by atoms with Crippen LogP contribution in [-0.2, 0) is 21.2 Å². The molecule has 1 aliphatic heterocycles. The first-order valence-electron chi connectivity index (χ1n) is 10.6. The number of piperazine rings is 1. The smallest absolute Gasteiger partial charge is 0.253 e. The van der Waals surface area contributed by atoms with Gasteiger partial charge in [0, 0.05) is 57.9 Å². The maximum atomic E-state index is 12.6. The molecule has 172 valence electrons. The molecule has 2 amide bonds. The predicted octanol–water partition coefficient (Wildman–Crippen LogP) is 1.90. The van der Waals surface area contributed by atoms with Crippen LogP contribution in [0.25, 0.3) is 0 Å². The molecule has 2 aromatic carbocycles. The monoisotopic (exact) mass is 458 g/mol. The van der Waals surface area contributed by atoms with Crippen LogP contribution in [0.15, 0.2) is 53.4 Å². The molecule has 2 aromatic rings. The van der Waals surface area contributed by atoms with Crippen molar-refractivity contribution in [2.75, 3.05) is 52.6 Å². The van der Waals surface area contributed by atoms with Gasteiger partial charge >= 0.3 is 0 Å². The molecular formula is C23H30N4O4S. The summed E-state index contributed by atoms with van der Waals surface area (Å²) in [4.78, 5) is 29.2. The minimum absolute atomic E-state index is 0.00991. The number of rotatable bonds is 7. The summed E-state index contributed by atoms with van der Waals surface area (Å²) in [6, 6.07) is 13.5. The molecule has 0 bridgehead atoms. The number of carbonyl (C=O) groups excluding carboxylic acids is 2. The summed E-state index contributed by atoms with van der Waals surface area (Å²) in [6.45, 7) is 3.17. The summed E-state index contributed by atoms with van der Waals surface area (Å²) in [6.07, 6.45) is 0.760. The van der Waals surface area contributed by atoms with Crippen LogP contribution in [0.2, 0.25) is 0 Å². The fraction of sp³-hybridized carbons (Fsp3) is 0.391. The molecule has 0 saturated carbocycles. The minimum Gasteiger partial charge on any atom is -0.336 e. The van der Waals surface area contributed by atoms with Crippen molar-refractivity contribution in [1.82, 2.24) is 14.1 Å². The first kappa shape index (κ1) is 23.9. The number of hydrogen-bond acceptors (Lipinski definition) is 5. The Morgan fingerprint density at radius 3 is 2.09 bits per heavy atom. The van der Waals surface area contributed by atoms with Crippen molar-refractivity contribution >= 4 is 27.5 Å². The number of benzene rings is 2. The molecule has 3 rings (SSSR count). The van der Waals surface area contributed by atoms with E-state index in [0.29, 0.717) is 17.7 Å². The molecule has 1 N–H and O–H groups in total. The van der Waals surface area contributed by atoms with Gasteiger partial charge in [-0.1, -0.05) is 12.1 Å². The van der Waals surface area contributed by atoms with Crippen molar-refractivity contribution in [2.24, 2.45) is 0 Å². The van der Waals surface area contributed by atoms with E-state index in [0.717, 1.165) is 31.7 Å². The van der Waals surface area contributed by atoms with Crippen LogP contribution in [0.1, 0.15) is 22.3 Å². The van der Waals surface area contributed by atoms with E-state index in [9.17, 15) is 18.0 Å². The summed E-state index contributed by atoms with van der Waals surface area (Å²) in [5.74, 6) is -0.135. The lowest BCUT2D eigenvalue weighted by Crippen LogP contribution is -2.47. The van der Waals surface area contributed by atoms with Crippen molar-refractivity contribution in [1.29, 1.82) is 0 Å². The van der Waals surface area contributed by atoms with Crippen molar-refractivity contribution in [3.05, 3.63) is 59.7 Å². The van der Waals surface area contributed by atoms with Gasteiger partial charge in [-0.25, -0.2) is 12.7 Å². The average Bonchev–Trinajstić information content (AvgIpc) is 2.78. The summed E-state index contributed by atoms with van der Waals surface area (Å²) in [5.41, 5.74) is 2.13. The lowest BCUT2D eigenvalue weighted by molar-refractivity contribution is -0.116. The number of sulfonamides is 1. The molecule has 32 heavy (non-hydrogen) atoms. The van der Waals surface area contributed by atoms with Gasteiger partial charge in [0.1, 0.15) is 0 Å². The number of likely N-dealkylation sites (N-methyl/N-ethyl adjacent to an activating group) is 1. The minimum atomic E-state index is -3.46.